The first-order valence-corrected chi connectivity index (χ1v) is 9.39. The van der Waals surface area contributed by atoms with Gasteiger partial charge in [0.2, 0.25) is 17.4 Å². The molecule has 0 radical (unpaired) electrons. The van der Waals surface area contributed by atoms with E-state index in [2.05, 4.69) is 0 Å². The largest absolute Gasteiger partial charge is 0.467 e. The molecule has 2 amide bonds. The van der Waals surface area contributed by atoms with Crippen LogP contribution in [0.3, 0.4) is 0 Å². The number of esters is 1. The Kier molecular flexibility index (Phi) is 3.46. The van der Waals surface area contributed by atoms with Crippen molar-refractivity contribution in [2.75, 3.05) is 12.0 Å². The Labute approximate surface area is 162 Å². The molecule has 3 fully saturated rings. The van der Waals surface area contributed by atoms with Crippen LogP contribution in [0.5, 0.6) is 0 Å². The van der Waals surface area contributed by atoms with Gasteiger partial charge in [-0.05, 0) is 26.0 Å². The van der Waals surface area contributed by atoms with E-state index in [9.17, 15) is 14.4 Å². The van der Waals surface area contributed by atoms with Crippen molar-refractivity contribution >= 4 is 23.5 Å². The van der Waals surface area contributed by atoms with E-state index in [1.54, 1.807) is 38.1 Å². The third-order valence-corrected chi connectivity index (χ3v) is 6.35. The van der Waals surface area contributed by atoms with Gasteiger partial charge in [0, 0.05) is 11.8 Å². The van der Waals surface area contributed by atoms with Gasteiger partial charge in [-0.15, -0.1) is 0 Å². The zero-order valence-electron chi connectivity index (χ0n) is 15.8. The van der Waals surface area contributed by atoms with E-state index in [1.807, 2.05) is 18.2 Å². The molecule has 1 saturated carbocycles. The van der Waals surface area contributed by atoms with Gasteiger partial charge in [0.15, 0.2) is 5.79 Å². The lowest BCUT2D eigenvalue weighted by molar-refractivity contribution is -0.200. The predicted molar refractivity (Wildman–Crippen MR) is 96.8 cm³/mol. The zero-order chi connectivity index (χ0) is 19.8. The molecule has 28 heavy (non-hydrogen) atoms. The van der Waals surface area contributed by atoms with Gasteiger partial charge >= 0.3 is 5.97 Å². The highest BCUT2D eigenvalue weighted by molar-refractivity contribution is 6.23. The molecule has 3 aliphatic carbocycles. The second-order valence-corrected chi connectivity index (χ2v) is 8.21. The predicted octanol–water partition coefficient (Wildman–Crippen LogP) is 1.67. The van der Waals surface area contributed by atoms with Crippen molar-refractivity contribution in [2.45, 2.75) is 31.3 Å². The van der Waals surface area contributed by atoms with Crippen LogP contribution in [0.1, 0.15) is 13.8 Å². The lowest BCUT2D eigenvalue weighted by atomic mass is 9.55. The summed E-state index contributed by atoms with van der Waals surface area (Å²) < 4.78 is 17.3. The van der Waals surface area contributed by atoms with Crippen LogP contribution in [-0.4, -0.2) is 42.4 Å². The van der Waals surface area contributed by atoms with Crippen LogP contribution >= 0.6 is 0 Å². The number of hydrogen-bond donors (Lipinski definition) is 0. The molecule has 2 unspecified atom stereocenters. The van der Waals surface area contributed by atoms with Gasteiger partial charge in [-0.2, -0.15) is 0 Å². The number of carbonyl (C=O) groups excluding carboxylic acids is 3. The molecule has 5 aliphatic rings. The molecule has 7 nitrogen and oxygen atoms in total. The lowest BCUT2D eigenvalue weighted by Crippen LogP contribution is -2.66. The Hall–Kier alpha value is -2.51. The number of amides is 2. The lowest BCUT2D eigenvalue weighted by Gasteiger charge is -2.50. The number of hydrogen-bond acceptors (Lipinski definition) is 6. The first-order valence-electron chi connectivity index (χ1n) is 9.39. The maximum Gasteiger partial charge on any atom is 0.341 e. The molecule has 2 saturated heterocycles. The molecule has 0 N–H and O–H groups in total. The van der Waals surface area contributed by atoms with E-state index >= 15 is 0 Å². The van der Waals surface area contributed by atoms with E-state index in [4.69, 9.17) is 14.2 Å². The number of methoxy groups -OCH3 is 1. The fraction of sp³-hybridized carbons (Fsp3) is 0.476. The van der Waals surface area contributed by atoms with Crippen molar-refractivity contribution in [3.8, 4) is 0 Å². The Balaban J connectivity index is 1.64. The molecule has 6 rings (SSSR count). The summed E-state index contributed by atoms with van der Waals surface area (Å²) in [6, 6.07) is 8.85. The van der Waals surface area contributed by atoms with E-state index in [0.29, 0.717) is 5.69 Å². The first-order chi connectivity index (χ1) is 13.3. The number of rotatable bonds is 2. The highest BCUT2D eigenvalue weighted by Crippen LogP contribution is 2.60. The minimum absolute atomic E-state index is 0.257. The van der Waals surface area contributed by atoms with Crippen molar-refractivity contribution in [1.82, 2.24) is 0 Å². The standard InChI is InChI=1S/C21H21NO6/c1-20(2)27-16-12-9-10-13(21(16,28-20)19(25)26-3)15-14(12)17(23)22(18(15)24)11-7-5-4-6-8-11/h4-10,12-16H,1-3H3/t12-,13+,14?,15?,16+,21-/m0/s1. The Morgan fingerprint density at radius 3 is 2.43 bits per heavy atom. The highest BCUT2D eigenvalue weighted by Gasteiger charge is 2.76. The summed E-state index contributed by atoms with van der Waals surface area (Å²) in [5.74, 6) is -4.50. The molecule has 1 aromatic rings. The minimum atomic E-state index is -1.43. The number of nitrogens with zero attached hydrogens (tertiary/aromatic N) is 1. The summed E-state index contributed by atoms with van der Waals surface area (Å²) >= 11 is 0. The van der Waals surface area contributed by atoms with Crippen molar-refractivity contribution in [1.29, 1.82) is 0 Å². The van der Waals surface area contributed by atoms with E-state index < -0.39 is 47.1 Å². The molecule has 146 valence electrons. The number of ether oxygens (including phenoxy) is 3. The summed E-state index contributed by atoms with van der Waals surface area (Å²) in [6.07, 6.45) is 3.03. The van der Waals surface area contributed by atoms with Gasteiger partial charge in [0.05, 0.1) is 24.6 Å². The second kappa shape index (κ2) is 5.52. The quantitative estimate of drug-likeness (QED) is 0.439. The second-order valence-electron chi connectivity index (χ2n) is 8.21. The Morgan fingerprint density at radius 1 is 1.07 bits per heavy atom. The van der Waals surface area contributed by atoms with Crippen molar-refractivity contribution in [3.05, 3.63) is 42.5 Å². The number of para-hydroxylation sites is 1. The summed E-state index contributed by atoms with van der Waals surface area (Å²) in [5, 5.41) is 0. The molecular weight excluding hydrogens is 362 g/mol. The number of benzene rings is 1. The summed E-state index contributed by atoms with van der Waals surface area (Å²) in [7, 11) is 1.30. The molecular formula is C21H21NO6. The van der Waals surface area contributed by atoms with Gasteiger partial charge < -0.3 is 14.2 Å². The van der Waals surface area contributed by atoms with Crippen LogP contribution in [0.2, 0.25) is 0 Å². The zero-order valence-corrected chi connectivity index (χ0v) is 15.8. The number of anilines is 1. The maximum atomic E-state index is 13.4. The van der Waals surface area contributed by atoms with E-state index in [0.717, 1.165) is 0 Å². The summed E-state index contributed by atoms with van der Waals surface area (Å²) in [6.45, 7) is 3.45. The molecule has 6 atom stereocenters. The van der Waals surface area contributed by atoms with E-state index in [1.165, 1.54) is 12.0 Å². The average molecular weight is 383 g/mol. The highest BCUT2D eigenvalue weighted by atomic mass is 16.8. The molecule has 2 aliphatic heterocycles. The third-order valence-electron chi connectivity index (χ3n) is 6.35. The van der Waals surface area contributed by atoms with E-state index in [-0.39, 0.29) is 11.8 Å². The number of imide groups is 1. The fourth-order valence-electron chi connectivity index (χ4n) is 5.47. The molecule has 2 heterocycles. The topological polar surface area (TPSA) is 82.1 Å². The molecule has 2 bridgehead atoms. The summed E-state index contributed by atoms with van der Waals surface area (Å²) in [4.78, 5) is 40.8. The summed E-state index contributed by atoms with van der Waals surface area (Å²) in [5.41, 5.74) is -0.896. The average Bonchev–Trinajstić information content (AvgIpc) is 3.14. The van der Waals surface area contributed by atoms with Crippen LogP contribution < -0.4 is 4.90 Å². The molecule has 0 spiro atoms. The van der Waals surface area contributed by atoms with Crippen LogP contribution in [-0.2, 0) is 28.6 Å². The van der Waals surface area contributed by atoms with Gasteiger partial charge in [-0.25, -0.2) is 4.79 Å². The van der Waals surface area contributed by atoms with Crippen LogP contribution in [0.4, 0.5) is 5.69 Å². The van der Waals surface area contributed by atoms with Crippen molar-refractivity contribution in [3.63, 3.8) is 0 Å². The maximum absolute atomic E-state index is 13.4. The van der Waals surface area contributed by atoms with Crippen molar-refractivity contribution in [2.24, 2.45) is 23.7 Å². The van der Waals surface area contributed by atoms with Gasteiger partial charge in [0.25, 0.3) is 0 Å². The molecule has 1 aromatic carbocycles. The van der Waals surface area contributed by atoms with Crippen LogP contribution in [0, 0.1) is 23.7 Å². The minimum Gasteiger partial charge on any atom is -0.467 e. The van der Waals surface area contributed by atoms with Crippen molar-refractivity contribution < 1.29 is 28.6 Å². The van der Waals surface area contributed by atoms with Gasteiger partial charge in [0.1, 0.15) is 6.10 Å². The third kappa shape index (κ3) is 1.98. The van der Waals surface area contributed by atoms with Crippen LogP contribution in [0.15, 0.2) is 42.5 Å². The smallest absolute Gasteiger partial charge is 0.341 e. The Bertz CT molecular complexity index is 909. The fourth-order valence-corrected chi connectivity index (χ4v) is 5.47. The monoisotopic (exact) mass is 383 g/mol. The number of carbonyl (C=O) groups is 3. The normalized spacial score (nSPS) is 39.8. The molecule has 7 heteroatoms. The van der Waals surface area contributed by atoms with Gasteiger partial charge in [-0.3, -0.25) is 14.5 Å². The van der Waals surface area contributed by atoms with Gasteiger partial charge in [-0.1, -0.05) is 30.4 Å². The molecule has 0 aromatic heterocycles. The van der Waals surface area contributed by atoms with Crippen LogP contribution in [0.25, 0.3) is 0 Å². The SMILES string of the molecule is COC(=O)[C@@]12OC(C)(C)O[C@@H]1[C@H]1C=C[C@@H]2C2C(=O)N(c3ccccc3)C(=O)C21. The first kappa shape index (κ1) is 17.6. The Morgan fingerprint density at radius 2 is 1.75 bits per heavy atom.